The van der Waals surface area contributed by atoms with Crippen molar-refractivity contribution in [2.75, 3.05) is 24.6 Å². The highest BCUT2D eigenvalue weighted by molar-refractivity contribution is 7.99. The van der Waals surface area contributed by atoms with E-state index in [2.05, 4.69) is 23.6 Å². The minimum Gasteiger partial charge on any atom is -0.328 e. The average molecular weight is 214 g/mol. The molecule has 0 spiro atoms. The van der Waals surface area contributed by atoms with Crippen LogP contribution in [0.3, 0.4) is 0 Å². The van der Waals surface area contributed by atoms with Crippen molar-refractivity contribution in [2.45, 2.75) is 38.3 Å². The zero-order chi connectivity index (χ0) is 9.97. The fourth-order valence-corrected chi connectivity index (χ4v) is 3.86. The molecule has 2 N–H and O–H groups in total. The first-order valence-electron chi connectivity index (χ1n) is 5.83. The second kappa shape index (κ2) is 4.86. The summed E-state index contributed by atoms with van der Waals surface area (Å²) in [6.07, 6.45) is 3.82. The van der Waals surface area contributed by atoms with Crippen molar-refractivity contribution in [3.05, 3.63) is 0 Å². The standard InChI is InChI=1S/C11H22N2S/c1-9-6-11(12)2-4-13(9)7-10-3-5-14-8-10/h9-11H,2-8,12H2,1H3. The van der Waals surface area contributed by atoms with Crippen LogP contribution in [0.25, 0.3) is 0 Å². The third-order valence-corrected chi connectivity index (χ3v) is 4.80. The summed E-state index contributed by atoms with van der Waals surface area (Å²) in [5.74, 6) is 3.72. The van der Waals surface area contributed by atoms with E-state index in [1.807, 2.05) is 0 Å². The van der Waals surface area contributed by atoms with Gasteiger partial charge in [-0.1, -0.05) is 0 Å². The second-order valence-corrected chi connectivity index (χ2v) is 6.01. The Balaban J connectivity index is 1.79. The lowest BCUT2D eigenvalue weighted by Gasteiger charge is -2.37. The van der Waals surface area contributed by atoms with Gasteiger partial charge in [0, 0.05) is 18.6 Å². The zero-order valence-electron chi connectivity index (χ0n) is 9.11. The number of likely N-dealkylation sites (tertiary alicyclic amines) is 1. The fourth-order valence-electron chi connectivity index (χ4n) is 2.59. The first-order chi connectivity index (χ1) is 6.75. The summed E-state index contributed by atoms with van der Waals surface area (Å²) < 4.78 is 0. The van der Waals surface area contributed by atoms with Gasteiger partial charge in [0.2, 0.25) is 0 Å². The molecule has 82 valence electrons. The molecule has 2 aliphatic heterocycles. The highest BCUT2D eigenvalue weighted by atomic mass is 32.2. The minimum atomic E-state index is 0.458. The molecule has 2 heterocycles. The summed E-state index contributed by atoms with van der Waals surface area (Å²) in [5, 5.41) is 0. The molecule has 0 aliphatic carbocycles. The Morgan fingerprint density at radius 2 is 2.29 bits per heavy atom. The van der Waals surface area contributed by atoms with E-state index in [0.29, 0.717) is 12.1 Å². The third-order valence-electron chi connectivity index (χ3n) is 3.57. The largest absolute Gasteiger partial charge is 0.328 e. The molecule has 3 heteroatoms. The monoisotopic (exact) mass is 214 g/mol. The van der Waals surface area contributed by atoms with Gasteiger partial charge in [-0.2, -0.15) is 11.8 Å². The lowest BCUT2D eigenvalue weighted by molar-refractivity contribution is 0.130. The SMILES string of the molecule is CC1CC(N)CCN1CC1CCSC1. The Bertz CT molecular complexity index is 180. The highest BCUT2D eigenvalue weighted by Gasteiger charge is 2.26. The molecule has 2 fully saturated rings. The highest BCUT2D eigenvalue weighted by Crippen LogP contribution is 2.26. The van der Waals surface area contributed by atoms with Crippen LogP contribution in [0.15, 0.2) is 0 Å². The molecule has 0 amide bonds. The number of hydrogen-bond donors (Lipinski definition) is 1. The molecule has 3 unspecified atom stereocenters. The van der Waals surface area contributed by atoms with Gasteiger partial charge in [-0.3, -0.25) is 0 Å². The molecular weight excluding hydrogens is 192 g/mol. The minimum absolute atomic E-state index is 0.458. The summed E-state index contributed by atoms with van der Waals surface area (Å²) in [4.78, 5) is 2.65. The van der Waals surface area contributed by atoms with Crippen LogP contribution in [0.1, 0.15) is 26.2 Å². The molecule has 3 atom stereocenters. The van der Waals surface area contributed by atoms with E-state index in [0.717, 1.165) is 5.92 Å². The first-order valence-corrected chi connectivity index (χ1v) is 6.98. The Hall–Kier alpha value is 0.270. The number of nitrogens with two attached hydrogens (primary N) is 1. The number of hydrogen-bond acceptors (Lipinski definition) is 3. The normalized spacial score (nSPS) is 40.3. The van der Waals surface area contributed by atoms with Crippen LogP contribution in [-0.2, 0) is 0 Å². The lowest BCUT2D eigenvalue weighted by Crippen LogP contribution is -2.47. The van der Waals surface area contributed by atoms with E-state index in [1.165, 1.54) is 43.9 Å². The van der Waals surface area contributed by atoms with Crippen LogP contribution in [0.5, 0.6) is 0 Å². The van der Waals surface area contributed by atoms with Gasteiger partial charge in [-0.05, 0) is 50.2 Å². The molecule has 2 nitrogen and oxygen atoms in total. The molecule has 0 aromatic heterocycles. The fraction of sp³-hybridized carbons (Fsp3) is 1.00. The van der Waals surface area contributed by atoms with Gasteiger partial charge in [-0.15, -0.1) is 0 Å². The molecule has 0 bridgehead atoms. The maximum atomic E-state index is 5.96. The number of piperidine rings is 1. The predicted octanol–water partition coefficient (Wildman–Crippen LogP) is 1.55. The van der Waals surface area contributed by atoms with Crippen molar-refractivity contribution in [1.29, 1.82) is 0 Å². The van der Waals surface area contributed by atoms with Gasteiger partial charge < -0.3 is 10.6 Å². The van der Waals surface area contributed by atoms with E-state index in [9.17, 15) is 0 Å². The molecule has 0 aromatic carbocycles. The third kappa shape index (κ3) is 2.65. The van der Waals surface area contributed by atoms with Gasteiger partial charge in [0.15, 0.2) is 0 Å². The molecule has 0 radical (unpaired) electrons. The van der Waals surface area contributed by atoms with Crippen LogP contribution >= 0.6 is 11.8 Å². The van der Waals surface area contributed by atoms with Crippen molar-refractivity contribution in [1.82, 2.24) is 4.90 Å². The first kappa shape index (κ1) is 10.8. The lowest BCUT2D eigenvalue weighted by atomic mass is 9.97. The van der Waals surface area contributed by atoms with Crippen molar-refractivity contribution >= 4 is 11.8 Å². The van der Waals surface area contributed by atoms with Crippen LogP contribution in [0.2, 0.25) is 0 Å². The molecule has 0 aromatic rings. The quantitative estimate of drug-likeness (QED) is 0.756. The van der Waals surface area contributed by atoms with Gasteiger partial charge in [0.05, 0.1) is 0 Å². The topological polar surface area (TPSA) is 29.3 Å². The summed E-state index contributed by atoms with van der Waals surface area (Å²) in [6.45, 7) is 4.88. The smallest absolute Gasteiger partial charge is 0.00817 e. The van der Waals surface area contributed by atoms with E-state index in [-0.39, 0.29) is 0 Å². The Labute approximate surface area is 91.6 Å². The molecular formula is C11H22N2S. The summed E-state index contributed by atoms with van der Waals surface area (Å²) in [6, 6.07) is 1.17. The number of thioether (sulfide) groups is 1. The van der Waals surface area contributed by atoms with Crippen LogP contribution < -0.4 is 5.73 Å². The Kier molecular flexibility index (Phi) is 3.74. The van der Waals surface area contributed by atoms with E-state index < -0.39 is 0 Å². The van der Waals surface area contributed by atoms with Crippen molar-refractivity contribution in [3.8, 4) is 0 Å². The van der Waals surface area contributed by atoms with Gasteiger partial charge in [0.25, 0.3) is 0 Å². The summed E-state index contributed by atoms with van der Waals surface area (Å²) >= 11 is 2.12. The maximum Gasteiger partial charge on any atom is 0.00817 e. The molecule has 2 rings (SSSR count). The van der Waals surface area contributed by atoms with E-state index in [1.54, 1.807) is 0 Å². The number of rotatable bonds is 2. The summed E-state index contributed by atoms with van der Waals surface area (Å²) in [5.41, 5.74) is 5.96. The van der Waals surface area contributed by atoms with Crippen LogP contribution in [0, 0.1) is 5.92 Å². The Morgan fingerprint density at radius 1 is 1.43 bits per heavy atom. The average Bonchev–Trinajstić information content (AvgIpc) is 2.62. The zero-order valence-corrected chi connectivity index (χ0v) is 9.93. The van der Waals surface area contributed by atoms with Crippen LogP contribution in [-0.4, -0.2) is 41.6 Å². The van der Waals surface area contributed by atoms with Crippen molar-refractivity contribution in [3.63, 3.8) is 0 Å². The molecule has 2 saturated heterocycles. The van der Waals surface area contributed by atoms with E-state index >= 15 is 0 Å². The number of nitrogens with zero attached hydrogens (tertiary/aromatic N) is 1. The van der Waals surface area contributed by atoms with Gasteiger partial charge >= 0.3 is 0 Å². The van der Waals surface area contributed by atoms with E-state index in [4.69, 9.17) is 5.73 Å². The molecule has 2 aliphatic rings. The van der Waals surface area contributed by atoms with Gasteiger partial charge in [0.1, 0.15) is 0 Å². The van der Waals surface area contributed by atoms with Crippen molar-refractivity contribution < 1.29 is 0 Å². The maximum absolute atomic E-state index is 5.96. The Morgan fingerprint density at radius 3 is 2.93 bits per heavy atom. The predicted molar refractivity (Wildman–Crippen MR) is 63.7 cm³/mol. The van der Waals surface area contributed by atoms with Crippen LogP contribution in [0.4, 0.5) is 0 Å². The molecule has 0 saturated carbocycles. The van der Waals surface area contributed by atoms with Gasteiger partial charge in [-0.25, -0.2) is 0 Å². The molecule has 14 heavy (non-hydrogen) atoms. The van der Waals surface area contributed by atoms with Crippen molar-refractivity contribution in [2.24, 2.45) is 11.7 Å². The summed E-state index contributed by atoms with van der Waals surface area (Å²) in [7, 11) is 0. The second-order valence-electron chi connectivity index (χ2n) is 4.86.